The monoisotopic (exact) mass is 239 g/mol. The first-order valence-corrected chi connectivity index (χ1v) is 5.22. The number of aliphatic hydroxyl groups excluding tert-OH is 1. The topological polar surface area (TPSA) is 89.8 Å². The van der Waals surface area contributed by atoms with Crippen molar-refractivity contribution in [3.63, 3.8) is 0 Å². The molecule has 0 aliphatic carbocycles. The summed E-state index contributed by atoms with van der Waals surface area (Å²) in [4.78, 5) is 11.8. The molecule has 1 unspecified atom stereocenters. The molecule has 0 saturated carbocycles. The number of carbonyl (C=O) groups excluding carboxylic acids is 1. The van der Waals surface area contributed by atoms with Crippen molar-refractivity contribution in [3.8, 4) is 11.5 Å². The summed E-state index contributed by atoms with van der Waals surface area (Å²) in [6, 6.07) is 3.49. The Morgan fingerprint density at radius 1 is 1.18 bits per heavy atom. The Balaban J connectivity index is 2.89. The summed E-state index contributed by atoms with van der Waals surface area (Å²) in [5.74, 6) is -1.06. The molecule has 1 atom stereocenters. The van der Waals surface area contributed by atoms with Crippen LogP contribution in [0.2, 0.25) is 0 Å². The third kappa shape index (κ3) is 4.05. The van der Waals surface area contributed by atoms with Gasteiger partial charge in [-0.25, -0.2) is 0 Å². The molecular weight excluding hydrogens is 222 g/mol. The van der Waals surface area contributed by atoms with Gasteiger partial charge in [0.1, 0.15) is 11.5 Å². The normalized spacial score (nSPS) is 13.4. The molecule has 0 amide bonds. The fourth-order valence-corrected chi connectivity index (χ4v) is 1.37. The largest absolute Gasteiger partial charge is 0.508 e. The molecule has 0 radical (unpaired) electrons. The molecule has 1 rings (SSSR count). The highest BCUT2D eigenvalue weighted by atomic mass is 16.3. The van der Waals surface area contributed by atoms with Crippen LogP contribution in [0.4, 0.5) is 0 Å². The van der Waals surface area contributed by atoms with E-state index in [0.717, 1.165) is 6.07 Å². The predicted molar refractivity (Wildman–Crippen MR) is 63.0 cm³/mol. The standard InChI is InChI=1S/C12H17NO4/c1-12(2,3)13-11(17)10(16)7-4-8(14)6-9(15)5-7/h4-6,11,13-15,17H,1-3H3. The van der Waals surface area contributed by atoms with E-state index in [4.69, 9.17) is 0 Å². The van der Waals surface area contributed by atoms with E-state index in [9.17, 15) is 20.1 Å². The van der Waals surface area contributed by atoms with Crippen molar-refractivity contribution in [1.82, 2.24) is 5.32 Å². The van der Waals surface area contributed by atoms with Gasteiger partial charge in [0.05, 0.1) is 0 Å². The van der Waals surface area contributed by atoms with Crippen LogP contribution in [0.25, 0.3) is 0 Å². The van der Waals surface area contributed by atoms with Crippen LogP contribution in [0.15, 0.2) is 18.2 Å². The molecule has 0 aromatic heterocycles. The molecule has 94 valence electrons. The average Bonchev–Trinajstić information content (AvgIpc) is 2.12. The SMILES string of the molecule is CC(C)(C)NC(O)C(=O)c1cc(O)cc(O)c1. The summed E-state index contributed by atoms with van der Waals surface area (Å²) < 4.78 is 0. The number of rotatable bonds is 3. The highest BCUT2D eigenvalue weighted by Crippen LogP contribution is 2.21. The third-order valence-electron chi connectivity index (χ3n) is 2.01. The molecule has 0 fully saturated rings. The smallest absolute Gasteiger partial charge is 0.206 e. The van der Waals surface area contributed by atoms with Gasteiger partial charge in [-0.3, -0.25) is 10.1 Å². The third-order valence-corrected chi connectivity index (χ3v) is 2.01. The van der Waals surface area contributed by atoms with Crippen LogP contribution in [0, 0.1) is 0 Å². The molecule has 0 bridgehead atoms. The second-order valence-electron chi connectivity index (χ2n) is 4.90. The highest BCUT2D eigenvalue weighted by Gasteiger charge is 2.23. The number of phenolic OH excluding ortho intramolecular Hbond substituents is 2. The van der Waals surface area contributed by atoms with Crippen LogP contribution < -0.4 is 5.32 Å². The number of Topliss-reactive ketones (excluding diaryl/α,β-unsaturated/α-hetero) is 1. The molecule has 0 saturated heterocycles. The number of aliphatic hydroxyl groups is 1. The van der Waals surface area contributed by atoms with Gasteiger partial charge in [0.2, 0.25) is 5.78 Å². The Kier molecular flexibility index (Phi) is 3.75. The van der Waals surface area contributed by atoms with Crippen molar-refractivity contribution >= 4 is 5.78 Å². The van der Waals surface area contributed by atoms with Crippen molar-refractivity contribution < 1.29 is 20.1 Å². The average molecular weight is 239 g/mol. The maximum atomic E-state index is 11.8. The number of aromatic hydroxyl groups is 2. The quantitative estimate of drug-likeness (QED) is 0.466. The van der Waals surface area contributed by atoms with Crippen LogP contribution in [0.5, 0.6) is 11.5 Å². The van der Waals surface area contributed by atoms with E-state index in [1.807, 2.05) is 20.8 Å². The summed E-state index contributed by atoms with van der Waals surface area (Å²) in [5, 5.41) is 30.8. The molecule has 5 nitrogen and oxygen atoms in total. The van der Waals surface area contributed by atoms with E-state index in [-0.39, 0.29) is 17.1 Å². The second-order valence-corrected chi connectivity index (χ2v) is 4.90. The zero-order valence-corrected chi connectivity index (χ0v) is 10.1. The number of nitrogens with one attached hydrogen (secondary N) is 1. The van der Waals surface area contributed by atoms with Gasteiger partial charge in [0.15, 0.2) is 6.23 Å². The summed E-state index contributed by atoms with van der Waals surface area (Å²) in [6.07, 6.45) is -1.38. The summed E-state index contributed by atoms with van der Waals surface area (Å²) >= 11 is 0. The van der Waals surface area contributed by atoms with Crippen LogP contribution in [-0.4, -0.2) is 32.9 Å². The molecule has 17 heavy (non-hydrogen) atoms. The van der Waals surface area contributed by atoms with Crippen LogP contribution >= 0.6 is 0 Å². The maximum absolute atomic E-state index is 11.8. The van der Waals surface area contributed by atoms with Crippen molar-refractivity contribution in [1.29, 1.82) is 0 Å². The van der Waals surface area contributed by atoms with Gasteiger partial charge < -0.3 is 15.3 Å². The molecule has 5 heteroatoms. The lowest BCUT2D eigenvalue weighted by atomic mass is 10.1. The van der Waals surface area contributed by atoms with Gasteiger partial charge in [0, 0.05) is 17.2 Å². The molecule has 0 spiro atoms. The molecule has 4 N–H and O–H groups in total. The van der Waals surface area contributed by atoms with E-state index >= 15 is 0 Å². The zero-order valence-electron chi connectivity index (χ0n) is 10.1. The lowest BCUT2D eigenvalue weighted by Crippen LogP contribution is -2.47. The van der Waals surface area contributed by atoms with E-state index in [1.54, 1.807) is 0 Å². The Morgan fingerprint density at radius 3 is 2.06 bits per heavy atom. The molecule has 1 aromatic rings. The Labute approximate surface area is 99.7 Å². The summed E-state index contributed by atoms with van der Waals surface area (Å²) in [6.45, 7) is 5.43. The van der Waals surface area contributed by atoms with Gasteiger partial charge in [-0.1, -0.05) is 0 Å². The van der Waals surface area contributed by atoms with Crippen molar-refractivity contribution in [2.45, 2.75) is 32.5 Å². The van der Waals surface area contributed by atoms with Crippen molar-refractivity contribution in [2.75, 3.05) is 0 Å². The van der Waals surface area contributed by atoms with E-state index in [0.29, 0.717) is 0 Å². The second kappa shape index (κ2) is 4.73. The first-order chi connectivity index (χ1) is 7.69. The van der Waals surface area contributed by atoms with Gasteiger partial charge >= 0.3 is 0 Å². The number of hydrogen-bond donors (Lipinski definition) is 4. The van der Waals surface area contributed by atoms with Crippen molar-refractivity contribution in [2.24, 2.45) is 0 Å². The maximum Gasteiger partial charge on any atom is 0.206 e. The predicted octanol–water partition coefficient (Wildman–Crippen LogP) is 0.987. The van der Waals surface area contributed by atoms with Crippen LogP contribution in [-0.2, 0) is 0 Å². The van der Waals surface area contributed by atoms with Crippen molar-refractivity contribution in [3.05, 3.63) is 23.8 Å². The fraction of sp³-hybridized carbons (Fsp3) is 0.417. The lowest BCUT2D eigenvalue weighted by Gasteiger charge is -2.24. The molecule has 0 heterocycles. The van der Waals surface area contributed by atoms with Gasteiger partial charge in [-0.05, 0) is 32.9 Å². The fourth-order valence-electron chi connectivity index (χ4n) is 1.37. The molecule has 0 aliphatic rings. The Morgan fingerprint density at radius 2 is 1.65 bits per heavy atom. The zero-order chi connectivity index (χ0) is 13.2. The number of phenols is 2. The summed E-state index contributed by atoms with van der Waals surface area (Å²) in [5.41, 5.74) is -0.375. The molecule has 1 aromatic carbocycles. The number of benzene rings is 1. The minimum atomic E-state index is -1.38. The van der Waals surface area contributed by atoms with Crippen LogP contribution in [0.3, 0.4) is 0 Å². The van der Waals surface area contributed by atoms with E-state index < -0.39 is 17.6 Å². The lowest BCUT2D eigenvalue weighted by molar-refractivity contribution is 0.0599. The van der Waals surface area contributed by atoms with Gasteiger partial charge in [-0.15, -0.1) is 0 Å². The summed E-state index contributed by atoms with van der Waals surface area (Å²) in [7, 11) is 0. The molecular formula is C12H17NO4. The highest BCUT2D eigenvalue weighted by molar-refractivity contribution is 5.99. The number of carbonyl (C=O) groups is 1. The Hall–Kier alpha value is -1.59. The van der Waals surface area contributed by atoms with Crippen LogP contribution in [0.1, 0.15) is 31.1 Å². The number of ketones is 1. The first kappa shape index (κ1) is 13.5. The Bertz CT molecular complexity index is 403. The van der Waals surface area contributed by atoms with E-state index in [2.05, 4.69) is 5.32 Å². The first-order valence-electron chi connectivity index (χ1n) is 5.22. The molecule has 0 aliphatic heterocycles. The van der Waals surface area contributed by atoms with Gasteiger partial charge in [0.25, 0.3) is 0 Å². The number of hydrogen-bond acceptors (Lipinski definition) is 5. The van der Waals surface area contributed by atoms with E-state index in [1.165, 1.54) is 12.1 Å². The van der Waals surface area contributed by atoms with Gasteiger partial charge in [-0.2, -0.15) is 0 Å². The minimum Gasteiger partial charge on any atom is -0.508 e. The minimum absolute atomic E-state index is 0.0479.